The van der Waals surface area contributed by atoms with Gasteiger partial charge >= 0.3 is 5.97 Å². The van der Waals surface area contributed by atoms with Crippen molar-refractivity contribution in [3.05, 3.63) is 23.8 Å². The minimum atomic E-state index is -0.597. The number of carbonyl (C=O) groups is 1. The van der Waals surface area contributed by atoms with E-state index in [0.717, 1.165) is 5.56 Å². The average molecular weight is 333 g/mol. The van der Waals surface area contributed by atoms with Crippen molar-refractivity contribution >= 4 is 21.9 Å². The first-order valence-electron chi connectivity index (χ1n) is 5.55. The summed E-state index contributed by atoms with van der Waals surface area (Å²) in [6.45, 7) is 0. The molecule has 1 aromatic rings. The molecule has 0 radical (unpaired) electrons. The van der Waals surface area contributed by atoms with Crippen LogP contribution < -0.4 is 9.47 Å². The molecule has 0 N–H and O–H groups in total. The Bertz CT molecular complexity index is 435. The second-order valence-electron chi connectivity index (χ2n) is 3.70. The maximum absolute atomic E-state index is 11.6. The van der Waals surface area contributed by atoms with Crippen LogP contribution in [0, 0.1) is 0 Å². The molecule has 6 heteroatoms. The van der Waals surface area contributed by atoms with E-state index in [1.165, 1.54) is 14.2 Å². The van der Waals surface area contributed by atoms with Crippen LogP contribution in [0.1, 0.15) is 11.7 Å². The molecule has 0 spiro atoms. The number of benzene rings is 1. The van der Waals surface area contributed by atoms with Crippen molar-refractivity contribution in [2.24, 2.45) is 0 Å². The molecule has 0 aliphatic heterocycles. The first kappa shape index (κ1) is 15.8. The van der Waals surface area contributed by atoms with Gasteiger partial charge in [0.1, 0.15) is 10.9 Å². The monoisotopic (exact) mass is 332 g/mol. The van der Waals surface area contributed by atoms with E-state index in [1.54, 1.807) is 26.4 Å². The third kappa shape index (κ3) is 3.61. The maximum Gasteiger partial charge on any atom is 0.322 e. The molecule has 0 heterocycles. The molecule has 0 fully saturated rings. The van der Waals surface area contributed by atoms with Crippen molar-refractivity contribution in [3.8, 4) is 11.5 Å². The minimum Gasteiger partial charge on any atom is -0.493 e. The number of esters is 1. The summed E-state index contributed by atoms with van der Waals surface area (Å²) in [5, 5.41) is 0. The lowest BCUT2D eigenvalue weighted by molar-refractivity contribution is -0.142. The number of hydrogen-bond acceptors (Lipinski definition) is 5. The molecule has 1 aromatic carbocycles. The molecule has 19 heavy (non-hydrogen) atoms. The summed E-state index contributed by atoms with van der Waals surface area (Å²) >= 11 is 3.28. The van der Waals surface area contributed by atoms with Crippen LogP contribution in [0.15, 0.2) is 18.2 Å². The zero-order valence-corrected chi connectivity index (χ0v) is 12.9. The quantitative estimate of drug-likeness (QED) is 0.591. The number of ether oxygens (including phenoxy) is 4. The molecule has 0 bridgehead atoms. The predicted molar refractivity (Wildman–Crippen MR) is 74.0 cm³/mol. The number of carbonyl (C=O) groups excluding carboxylic acids is 1. The van der Waals surface area contributed by atoms with Crippen molar-refractivity contribution in [1.82, 2.24) is 0 Å². The van der Waals surface area contributed by atoms with Gasteiger partial charge in [-0.3, -0.25) is 4.79 Å². The lowest BCUT2D eigenvalue weighted by atomic mass is 10.1. The van der Waals surface area contributed by atoms with Gasteiger partial charge in [-0.25, -0.2) is 0 Å². The highest BCUT2D eigenvalue weighted by Gasteiger charge is 2.28. The lowest BCUT2D eigenvalue weighted by Crippen LogP contribution is -2.25. The molecule has 0 saturated carbocycles. The zero-order valence-electron chi connectivity index (χ0n) is 11.3. The van der Waals surface area contributed by atoms with Crippen LogP contribution in [0.4, 0.5) is 0 Å². The van der Waals surface area contributed by atoms with Crippen LogP contribution in [0.5, 0.6) is 11.5 Å². The Kier molecular flexibility index (Phi) is 6.11. The molecule has 0 aromatic heterocycles. The Morgan fingerprint density at radius 1 is 1.11 bits per heavy atom. The van der Waals surface area contributed by atoms with E-state index in [-0.39, 0.29) is 0 Å². The fraction of sp³-hybridized carbons (Fsp3) is 0.462. The van der Waals surface area contributed by atoms with Gasteiger partial charge in [-0.1, -0.05) is 22.0 Å². The van der Waals surface area contributed by atoms with Crippen LogP contribution in [0.25, 0.3) is 0 Å². The zero-order chi connectivity index (χ0) is 14.4. The van der Waals surface area contributed by atoms with E-state index in [1.807, 2.05) is 6.07 Å². The van der Waals surface area contributed by atoms with Gasteiger partial charge in [-0.2, -0.15) is 0 Å². The molecular weight excluding hydrogens is 316 g/mol. The van der Waals surface area contributed by atoms with Gasteiger partial charge in [0.2, 0.25) is 0 Å². The van der Waals surface area contributed by atoms with Gasteiger partial charge in [0.05, 0.1) is 21.3 Å². The third-order valence-electron chi connectivity index (χ3n) is 2.68. The lowest BCUT2D eigenvalue weighted by Gasteiger charge is -2.20. The van der Waals surface area contributed by atoms with Gasteiger partial charge in [0, 0.05) is 7.11 Å². The fourth-order valence-corrected chi connectivity index (χ4v) is 2.40. The molecule has 0 saturated heterocycles. The highest BCUT2D eigenvalue weighted by atomic mass is 79.9. The number of alkyl halides is 1. The number of hydrogen-bond donors (Lipinski definition) is 0. The maximum atomic E-state index is 11.6. The molecule has 1 rings (SSSR count). The van der Waals surface area contributed by atoms with E-state index in [9.17, 15) is 4.79 Å². The summed E-state index contributed by atoms with van der Waals surface area (Å²) < 4.78 is 20.4. The molecule has 106 valence electrons. The molecule has 2 atom stereocenters. The van der Waals surface area contributed by atoms with Crippen LogP contribution >= 0.6 is 15.9 Å². The van der Waals surface area contributed by atoms with Crippen molar-refractivity contribution < 1.29 is 23.7 Å². The smallest absolute Gasteiger partial charge is 0.322 e. The summed E-state index contributed by atoms with van der Waals surface area (Å²) in [6, 6.07) is 5.34. The first-order valence-corrected chi connectivity index (χ1v) is 6.47. The Morgan fingerprint density at radius 2 is 1.74 bits per heavy atom. The molecule has 0 aliphatic carbocycles. The minimum absolute atomic E-state index is 0.401. The summed E-state index contributed by atoms with van der Waals surface area (Å²) in [4.78, 5) is 11.0. The summed E-state index contributed by atoms with van der Waals surface area (Å²) in [5.74, 6) is 0.790. The van der Waals surface area contributed by atoms with E-state index < -0.39 is 16.9 Å². The molecule has 0 unspecified atom stereocenters. The molecule has 0 amide bonds. The molecule has 5 nitrogen and oxygen atoms in total. The first-order chi connectivity index (χ1) is 9.08. The average Bonchev–Trinajstić information content (AvgIpc) is 2.46. The van der Waals surface area contributed by atoms with Crippen molar-refractivity contribution in [2.75, 3.05) is 28.4 Å². The van der Waals surface area contributed by atoms with Crippen molar-refractivity contribution in [2.45, 2.75) is 10.9 Å². The van der Waals surface area contributed by atoms with E-state index in [2.05, 4.69) is 15.9 Å². The van der Waals surface area contributed by atoms with Crippen LogP contribution in [-0.2, 0) is 14.3 Å². The SMILES string of the molecule is COC(=O)[C@H](Br)[C@H](OC)c1ccc(OC)c(OC)c1. The Balaban J connectivity index is 3.08. The summed E-state index contributed by atoms with van der Waals surface area (Å²) in [5.41, 5.74) is 0.785. The Morgan fingerprint density at radius 3 is 2.21 bits per heavy atom. The van der Waals surface area contributed by atoms with Crippen LogP contribution in [0.2, 0.25) is 0 Å². The van der Waals surface area contributed by atoms with Gasteiger partial charge in [0.15, 0.2) is 11.5 Å². The third-order valence-corrected chi connectivity index (χ3v) is 3.54. The Labute approximate surface area is 120 Å². The van der Waals surface area contributed by atoms with Gasteiger partial charge in [-0.15, -0.1) is 0 Å². The second kappa shape index (κ2) is 7.35. The highest BCUT2D eigenvalue weighted by molar-refractivity contribution is 9.10. The van der Waals surface area contributed by atoms with E-state index >= 15 is 0 Å². The summed E-state index contributed by atoms with van der Waals surface area (Å²) in [7, 11) is 5.97. The fourth-order valence-electron chi connectivity index (χ4n) is 1.69. The highest BCUT2D eigenvalue weighted by Crippen LogP contribution is 2.34. The largest absolute Gasteiger partial charge is 0.493 e. The van der Waals surface area contributed by atoms with E-state index in [0.29, 0.717) is 11.5 Å². The van der Waals surface area contributed by atoms with Crippen molar-refractivity contribution in [3.63, 3.8) is 0 Å². The van der Waals surface area contributed by atoms with Crippen molar-refractivity contribution in [1.29, 1.82) is 0 Å². The number of methoxy groups -OCH3 is 4. The van der Waals surface area contributed by atoms with Gasteiger partial charge < -0.3 is 18.9 Å². The van der Waals surface area contributed by atoms with Crippen LogP contribution in [-0.4, -0.2) is 39.2 Å². The van der Waals surface area contributed by atoms with Gasteiger partial charge in [0.25, 0.3) is 0 Å². The number of rotatable bonds is 6. The molecular formula is C13H17BrO5. The Hall–Kier alpha value is -1.27. The number of halogens is 1. The standard InChI is InChI=1S/C13H17BrO5/c1-16-9-6-5-8(7-10(9)17-2)12(18-3)11(14)13(15)19-4/h5-7,11-12H,1-4H3/t11-,12-/m1/s1. The van der Waals surface area contributed by atoms with Gasteiger partial charge in [-0.05, 0) is 17.7 Å². The summed E-state index contributed by atoms with van der Waals surface area (Å²) in [6.07, 6.45) is -0.479. The second-order valence-corrected chi connectivity index (χ2v) is 4.68. The topological polar surface area (TPSA) is 54.0 Å². The van der Waals surface area contributed by atoms with Crippen LogP contribution in [0.3, 0.4) is 0 Å². The molecule has 0 aliphatic rings. The normalized spacial score (nSPS) is 13.5. The predicted octanol–water partition coefficient (Wildman–Crippen LogP) is 2.33. The van der Waals surface area contributed by atoms with E-state index in [4.69, 9.17) is 18.9 Å².